The van der Waals surface area contributed by atoms with Gasteiger partial charge in [0.1, 0.15) is 0 Å². The molecule has 0 aliphatic rings. The number of methoxy groups -OCH3 is 1. The number of nitrogens with one attached hydrogen (secondary N) is 1. The second-order valence-electron chi connectivity index (χ2n) is 4.63. The van der Waals surface area contributed by atoms with Gasteiger partial charge in [-0.2, -0.15) is 5.10 Å². The van der Waals surface area contributed by atoms with Crippen LogP contribution in [-0.4, -0.2) is 25.8 Å². The molecule has 0 atom stereocenters. The van der Waals surface area contributed by atoms with E-state index in [0.29, 0.717) is 29.4 Å². The van der Waals surface area contributed by atoms with E-state index in [1.807, 2.05) is 13.0 Å². The van der Waals surface area contributed by atoms with Crippen molar-refractivity contribution >= 4 is 17.8 Å². The van der Waals surface area contributed by atoms with Crippen LogP contribution in [-0.2, 0) is 0 Å². The van der Waals surface area contributed by atoms with Crippen LogP contribution in [0.3, 0.4) is 0 Å². The van der Waals surface area contributed by atoms with Gasteiger partial charge in [-0.15, -0.1) is 0 Å². The molecule has 2 aromatic rings. The third-order valence-corrected chi connectivity index (χ3v) is 3.07. The molecule has 0 aliphatic carbocycles. The zero-order valence-corrected chi connectivity index (χ0v) is 13.1. The number of rotatable bonds is 6. The Bertz CT molecular complexity index is 714. The van der Waals surface area contributed by atoms with Gasteiger partial charge in [-0.1, -0.05) is 12.1 Å². The normalized spacial score (nSPS) is 10.5. The van der Waals surface area contributed by atoms with Crippen LogP contribution >= 0.6 is 0 Å². The van der Waals surface area contributed by atoms with E-state index in [1.165, 1.54) is 6.21 Å². The van der Waals surface area contributed by atoms with E-state index < -0.39 is 0 Å². The van der Waals surface area contributed by atoms with Gasteiger partial charge in [-0.25, -0.2) is 5.43 Å². The molecule has 0 heterocycles. The van der Waals surface area contributed by atoms with Crippen molar-refractivity contribution in [1.29, 1.82) is 0 Å². The summed E-state index contributed by atoms with van der Waals surface area (Å²) in [6, 6.07) is 12.2. The molecular formula is C17H19N3O3. The number of hydrogen-bond acceptors (Lipinski definition) is 5. The van der Waals surface area contributed by atoms with E-state index >= 15 is 0 Å². The van der Waals surface area contributed by atoms with E-state index in [9.17, 15) is 4.79 Å². The molecule has 0 aliphatic heterocycles. The molecule has 0 spiro atoms. The summed E-state index contributed by atoms with van der Waals surface area (Å²) >= 11 is 0. The number of hydrogen-bond donors (Lipinski definition) is 2. The summed E-state index contributed by atoms with van der Waals surface area (Å²) in [6.45, 7) is 2.46. The number of ether oxygens (including phenoxy) is 2. The molecule has 2 rings (SSSR count). The summed E-state index contributed by atoms with van der Waals surface area (Å²) in [5, 5.41) is 3.93. The Morgan fingerprint density at radius 2 is 2.04 bits per heavy atom. The predicted molar refractivity (Wildman–Crippen MR) is 90.1 cm³/mol. The number of carbonyl (C=O) groups is 1. The van der Waals surface area contributed by atoms with Crippen molar-refractivity contribution in [2.45, 2.75) is 6.92 Å². The SMILES string of the molecule is CCOc1ccc(/C=N/NC(=O)c2ccccc2N)cc1OC. The second kappa shape index (κ2) is 7.84. The first kappa shape index (κ1) is 16.4. The molecule has 3 N–H and O–H groups in total. The monoisotopic (exact) mass is 313 g/mol. The lowest BCUT2D eigenvalue weighted by Crippen LogP contribution is -2.19. The summed E-state index contributed by atoms with van der Waals surface area (Å²) < 4.78 is 10.7. The number of amides is 1. The van der Waals surface area contributed by atoms with Gasteiger partial charge in [-0.05, 0) is 42.8 Å². The number of nitrogens with two attached hydrogens (primary N) is 1. The topological polar surface area (TPSA) is 85.9 Å². The van der Waals surface area contributed by atoms with E-state index in [0.717, 1.165) is 5.56 Å². The fourth-order valence-electron chi connectivity index (χ4n) is 1.97. The standard InChI is InChI=1S/C17H19N3O3/c1-3-23-15-9-8-12(10-16(15)22-2)11-19-20-17(21)13-6-4-5-7-14(13)18/h4-11H,3,18H2,1-2H3,(H,20,21)/b19-11+. The molecule has 2 aromatic carbocycles. The van der Waals surface area contributed by atoms with Crippen LogP contribution in [0.25, 0.3) is 0 Å². The number of nitrogens with zero attached hydrogens (tertiary/aromatic N) is 1. The minimum absolute atomic E-state index is 0.364. The zero-order chi connectivity index (χ0) is 16.7. The van der Waals surface area contributed by atoms with Crippen molar-refractivity contribution in [3.05, 3.63) is 53.6 Å². The Balaban J connectivity index is 2.06. The Morgan fingerprint density at radius 3 is 2.74 bits per heavy atom. The average Bonchev–Trinajstić information content (AvgIpc) is 2.56. The number of carbonyl (C=O) groups excluding carboxylic acids is 1. The van der Waals surface area contributed by atoms with Crippen molar-refractivity contribution in [2.75, 3.05) is 19.5 Å². The molecule has 6 heteroatoms. The van der Waals surface area contributed by atoms with Crippen LogP contribution in [0.2, 0.25) is 0 Å². The minimum atomic E-state index is -0.364. The van der Waals surface area contributed by atoms with Crippen LogP contribution in [0, 0.1) is 0 Å². The lowest BCUT2D eigenvalue weighted by molar-refractivity contribution is 0.0956. The van der Waals surface area contributed by atoms with E-state index in [2.05, 4.69) is 10.5 Å². The number of benzene rings is 2. The molecule has 0 fully saturated rings. The van der Waals surface area contributed by atoms with Crippen molar-refractivity contribution in [3.8, 4) is 11.5 Å². The first-order valence-corrected chi connectivity index (χ1v) is 7.14. The van der Waals surface area contributed by atoms with Crippen LogP contribution < -0.4 is 20.6 Å². The van der Waals surface area contributed by atoms with Gasteiger partial charge in [0.25, 0.3) is 5.91 Å². The molecule has 0 bridgehead atoms. The van der Waals surface area contributed by atoms with Crippen molar-refractivity contribution in [2.24, 2.45) is 5.10 Å². The Morgan fingerprint density at radius 1 is 1.26 bits per heavy atom. The molecular weight excluding hydrogens is 294 g/mol. The van der Waals surface area contributed by atoms with Crippen molar-refractivity contribution in [3.63, 3.8) is 0 Å². The number of hydrazone groups is 1. The number of para-hydroxylation sites is 1. The minimum Gasteiger partial charge on any atom is -0.493 e. The predicted octanol–water partition coefficient (Wildman–Crippen LogP) is 2.44. The highest BCUT2D eigenvalue weighted by Crippen LogP contribution is 2.27. The van der Waals surface area contributed by atoms with Crippen molar-refractivity contribution < 1.29 is 14.3 Å². The molecule has 0 radical (unpaired) electrons. The van der Waals surface area contributed by atoms with E-state index in [4.69, 9.17) is 15.2 Å². The lowest BCUT2D eigenvalue weighted by Gasteiger charge is -2.09. The fraction of sp³-hybridized carbons (Fsp3) is 0.176. The first-order chi connectivity index (χ1) is 11.2. The maximum absolute atomic E-state index is 12.0. The maximum Gasteiger partial charge on any atom is 0.273 e. The highest BCUT2D eigenvalue weighted by atomic mass is 16.5. The van der Waals surface area contributed by atoms with Crippen LogP contribution in [0.5, 0.6) is 11.5 Å². The molecule has 0 unspecified atom stereocenters. The Hall–Kier alpha value is -3.02. The largest absolute Gasteiger partial charge is 0.493 e. The molecule has 0 saturated carbocycles. The highest BCUT2D eigenvalue weighted by Gasteiger charge is 2.07. The van der Waals surface area contributed by atoms with Crippen LogP contribution in [0.15, 0.2) is 47.6 Å². The maximum atomic E-state index is 12.0. The van der Waals surface area contributed by atoms with Gasteiger partial charge in [0.2, 0.25) is 0 Å². The number of nitrogen functional groups attached to an aromatic ring is 1. The molecule has 0 saturated heterocycles. The summed E-state index contributed by atoms with van der Waals surface area (Å²) in [4.78, 5) is 12.0. The molecule has 120 valence electrons. The van der Waals surface area contributed by atoms with Crippen molar-refractivity contribution in [1.82, 2.24) is 5.43 Å². The highest BCUT2D eigenvalue weighted by molar-refractivity contribution is 5.99. The zero-order valence-electron chi connectivity index (χ0n) is 13.1. The third-order valence-electron chi connectivity index (χ3n) is 3.07. The summed E-state index contributed by atoms with van der Waals surface area (Å²) in [5.74, 6) is 0.903. The van der Waals surface area contributed by atoms with Crippen LogP contribution in [0.1, 0.15) is 22.8 Å². The quantitative estimate of drug-likeness (QED) is 0.487. The van der Waals surface area contributed by atoms with E-state index in [1.54, 1.807) is 43.5 Å². The molecule has 23 heavy (non-hydrogen) atoms. The number of anilines is 1. The third kappa shape index (κ3) is 4.23. The second-order valence-corrected chi connectivity index (χ2v) is 4.63. The van der Waals surface area contributed by atoms with Gasteiger partial charge in [0.15, 0.2) is 11.5 Å². The summed E-state index contributed by atoms with van der Waals surface area (Å²) in [7, 11) is 1.57. The lowest BCUT2D eigenvalue weighted by atomic mass is 10.2. The smallest absolute Gasteiger partial charge is 0.273 e. The fourth-order valence-corrected chi connectivity index (χ4v) is 1.97. The van der Waals surface area contributed by atoms with Gasteiger partial charge in [0, 0.05) is 5.69 Å². The van der Waals surface area contributed by atoms with Gasteiger partial charge in [0.05, 0.1) is 25.5 Å². The van der Waals surface area contributed by atoms with Gasteiger partial charge in [-0.3, -0.25) is 4.79 Å². The van der Waals surface area contributed by atoms with Gasteiger partial charge < -0.3 is 15.2 Å². The molecule has 0 aromatic heterocycles. The molecule has 6 nitrogen and oxygen atoms in total. The van der Waals surface area contributed by atoms with Gasteiger partial charge >= 0.3 is 0 Å². The summed E-state index contributed by atoms with van der Waals surface area (Å²) in [5.41, 5.74) is 9.75. The van der Waals surface area contributed by atoms with Crippen LogP contribution in [0.4, 0.5) is 5.69 Å². The van der Waals surface area contributed by atoms with E-state index in [-0.39, 0.29) is 5.91 Å². The molecule has 1 amide bonds. The first-order valence-electron chi connectivity index (χ1n) is 7.14. The Kier molecular flexibility index (Phi) is 5.57. The average molecular weight is 313 g/mol. The Labute approximate surface area is 134 Å². The summed E-state index contributed by atoms with van der Waals surface area (Å²) in [6.07, 6.45) is 1.52.